The summed E-state index contributed by atoms with van der Waals surface area (Å²) in [5.41, 5.74) is 1.08. The van der Waals surface area contributed by atoms with E-state index < -0.39 is 0 Å². The first-order valence-electron chi connectivity index (χ1n) is 7.84. The van der Waals surface area contributed by atoms with Crippen molar-refractivity contribution in [2.75, 3.05) is 13.2 Å². The molecular weight excluding hydrogens is 266 g/mol. The summed E-state index contributed by atoms with van der Waals surface area (Å²) in [6.07, 6.45) is 2.58. The van der Waals surface area contributed by atoms with Crippen LogP contribution in [-0.2, 0) is 14.3 Å². The predicted octanol–water partition coefficient (Wildman–Crippen LogP) is 2.84. The first-order valence-corrected chi connectivity index (χ1v) is 7.84. The van der Waals surface area contributed by atoms with E-state index in [0.29, 0.717) is 13.2 Å². The normalized spacial score (nSPS) is 23.0. The van der Waals surface area contributed by atoms with E-state index in [9.17, 15) is 4.79 Å². The molecule has 1 aromatic carbocycles. The second-order valence-electron chi connectivity index (χ2n) is 5.33. The van der Waals surface area contributed by atoms with Gasteiger partial charge < -0.3 is 14.8 Å². The first-order chi connectivity index (χ1) is 10.2. The number of benzene rings is 1. The molecule has 0 bridgehead atoms. The van der Waals surface area contributed by atoms with Crippen LogP contribution >= 0.6 is 0 Å². The van der Waals surface area contributed by atoms with Crippen LogP contribution < -0.4 is 5.32 Å². The molecular formula is C17H25NO3. The van der Waals surface area contributed by atoms with Crippen molar-refractivity contribution < 1.29 is 14.3 Å². The van der Waals surface area contributed by atoms with Crippen molar-refractivity contribution in [3.8, 4) is 0 Å². The average Bonchev–Trinajstić information content (AvgIpc) is 3.01. The molecule has 4 heteroatoms. The Bertz CT molecular complexity index is 435. The van der Waals surface area contributed by atoms with E-state index in [1.807, 2.05) is 37.3 Å². The van der Waals surface area contributed by atoms with Crippen molar-refractivity contribution in [2.45, 2.75) is 51.4 Å². The van der Waals surface area contributed by atoms with Crippen LogP contribution in [0.15, 0.2) is 30.3 Å². The molecule has 1 heterocycles. The number of hydrogen-bond acceptors (Lipinski definition) is 3. The second kappa shape index (κ2) is 8.15. The monoisotopic (exact) mass is 291 g/mol. The Balaban J connectivity index is 1.86. The molecule has 0 aromatic heterocycles. The number of hydrogen-bond donors (Lipinski definition) is 1. The lowest BCUT2D eigenvalue weighted by molar-refractivity contribution is -0.132. The SMILES string of the molecule is CCO[C@H](CNC(=O)[C@@H]1CC[C@@H](CC)O1)c1ccccc1. The standard InChI is InChI=1S/C17H25NO3/c1-3-14-10-11-15(21-14)17(19)18-12-16(20-4-2)13-8-6-5-7-9-13/h5-9,14-16H,3-4,10-12H2,1-2H3,(H,18,19)/t14-,15+,16-/m1/s1. The van der Waals surface area contributed by atoms with Gasteiger partial charge in [-0.25, -0.2) is 0 Å². The third kappa shape index (κ3) is 4.55. The van der Waals surface area contributed by atoms with Gasteiger partial charge in [0, 0.05) is 13.2 Å². The number of amides is 1. The van der Waals surface area contributed by atoms with Crippen LogP contribution in [0.1, 0.15) is 44.8 Å². The van der Waals surface area contributed by atoms with Crippen LogP contribution in [0, 0.1) is 0 Å². The highest BCUT2D eigenvalue weighted by Crippen LogP contribution is 2.22. The van der Waals surface area contributed by atoms with Gasteiger partial charge in [-0.2, -0.15) is 0 Å². The maximum Gasteiger partial charge on any atom is 0.249 e. The second-order valence-corrected chi connectivity index (χ2v) is 5.33. The molecule has 2 rings (SSSR count). The lowest BCUT2D eigenvalue weighted by Gasteiger charge is -2.19. The lowest BCUT2D eigenvalue weighted by Crippen LogP contribution is -2.37. The minimum absolute atomic E-state index is 0.0217. The summed E-state index contributed by atoms with van der Waals surface area (Å²) in [4.78, 5) is 12.2. The smallest absolute Gasteiger partial charge is 0.249 e. The maximum absolute atomic E-state index is 12.2. The highest BCUT2D eigenvalue weighted by molar-refractivity contribution is 5.81. The Morgan fingerprint density at radius 1 is 1.33 bits per heavy atom. The molecule has 0 aliphatic carbocycles. The highest BCUT2D eigenvalue weighted by atomic mass is 16.5. The molecule has 0 unspecified atom stereocenters. The van der Waals surface area contributed by atoms with E-state index in [1.165, 1.54) is 0 Å². The van der Waals surface area contributed by atoms with E-state index >= 15 is 0 Å². The fourth-order valence-corrected chi connectivity index (χ4v) is 2.65. The van der Waals surface area contributed by atoms with E-state index in [-0.39, 0.29) is 24.2 Å². The average molecular weight is 291 g/mol. The molecule has 0 radical (unpaired) electrons. The molecule has 0 saturated carbocycles. The Morgan fingerprint density at radius 2 is 2.10 bits per heavy atom. The Kier molecular flexibility index (Phi) is 6.21. The van der Waals surface area contributed by atoms with Gasteiger partial charge in [0.2, 0.25) is 5.91 Å². The molecule has 1 N–H and O–H groups in total. The van der Waals surface area contributed by atoms with Crippen molar-refractivity contribution in [3.05, 3.63) is 35.9 Å². The number of carbonyl (C=O) groups excluding carboxylic acids is 1. The van der Waals surface area contributed by atoms with Gasteiger partial charge in [-0.3, -0.25) is 4.79 Å². The number of nitrogens with one attached hydrogen (secondary N) is 1. The van der Waals surface area contributed by atoms with Crippen LogP contribution in [-0.4, -0.2) is 31.3 Å². The van der Waals surface area contributed by atoms with Gasteiger partial charge in [0.1, 0.15) is 6.10 Å². The molecule has 1 aliphatic rings. The van der Waals surface area contributed by atoms with Gasteiger partial charge in [-0.1, -0.05) is 37.3 Å². The van der Waals surface area contributed by atoms with Crippen LogP contribution in [0.4, 0.5) is 0 Å². The van der Waals surface area contributed by atoms with Crippen molar-refractivity contribution >= 4 is 5.91 Å². The van der Waals surface area contributed by atoms with Crippen molar-refractivity contribution in [3.63, 3.8) is 0 Å². The van der Waals surface area contributed by atoms with Gasteiger partial charge >= 0.3 is 0 Å². The van der Waals surface area contributed by atoms with Crippen molar-refractivity contribution in [1.29, 1.82) is 0 Å². The molecule has 1 aromatic rings. The maximum atomic E-state index is 12.2. The van der Waals surface area contributed by atoms with E-state index in [4.69, 9.17) is 9.47 Å². The van der Waals surface area contributed by atoms with Gasteiger partial charge in [0.05, 0.1) is 12.2 Å². The fraction of sp³-hybridized carbons (Fsp3) is 0.588. The zero-order valence-corrected chi connectivity index (χ0v) is 12.9. The Hall–Kier alpha value is -1.39. The minimum Gasteiger partial charge on any atom is -0.372 e. The molecule has 21 heavy (non-hydrogen) atoms. The van der Waals surface area contributed by atoms with E-state index in [1.54, 1.807) is 0 Å². The van der Waals surface area contributed by atoms with Crippen molar-refractivity contribution in [2.24, 2.45) is 0 Å². The summed E-state index contributed by atoms with van der Waals surface area (Å²) < 4.78 is 11.4. The summed E-state index contributed by atoms with van der Waals surface area (Å²) in [6, 6.07) is 9.98. The van der Waals surface area contributed by atoms with E-state index in [0.717, 1.165) is 24.8 Å². The highest BCUT2D eigenvalue weighted by Gasteiger charge is 2.29. The van der Waals surface area contributed by atoms with Gasteiger partial charge in [-0.15, -0.1) is 0 Å². The zero-order chi connectivity index (χ0) is 15.1. The summed E-state index contributed by atoms with van der Waals surface area (Å²) in [5, 5.41) is 2.96. The van der Waals surface area contributed by atoms with Crippen LogP contribution in [0.3, 0.4) is 0 Å². The summed E-state index contributed by atoms with van der Waals surface area (Å²) in [5.74, 6) is -0.0217. The topological polar surface area (TPSA) is 47.6 Å². The zero-order valence-electron chi connectivity index (χ0n) is 12.9. The molecule has 1 fully saturated rings. The van der Waals surface area contributed by atoms with Crippen LogP contribution in [0.5, 0.6) is 0 Å². The Morgan fingerprint density at radius 3 is 2.71 bits per heavy atom. The summed E-state index contributed by atoms with van der Waals surface area (Å²) in [7, 11) is 0. The van der Waals surface area contributed by atoms with E-state index in [2.05, 4.69) is 12.2 Å². The number of ether oxygens (including phenoxy) is 2. The Labute approximate surface area is 126 Å². The fourth-order valence-electron chi connectivity index (χ4n) is 2.65. The molecule has 0 spiro atoms. The van der Waals surface area contributed by atoms with Gasteiger partial charge in [0.25, 0.3) is 0 Å². The van der Waals surface area contributed by atoms with Gasteiger partial charge in [-0.05, 0) is 31.7 Å². The molecule has 1 amide bonds. The molecule has 1 saturated heterocycles. The largest absolute Gasteiger partial charge is 0.372 e. The molecule has 3 atom stereocenters. The van der Waals surface area contributed by atoms with Gasteiger partial charge in [0.15, 0.2) is 0 Å². The predicted molar refractivity (Wildman–Crippen MR) is 82.0 cm³/mol. The summed E-state index contributed by atoms with van der Waals surface area (Å²) >= 11 is 0. The molecule has 4 nitrogen and oxygen atoms in total. The lowest BCUT2D eigenvalue weighted by atomic mass is 10.1. The van der Waals surface area contributed by atoms with Crippen LogP contribution in [0.25, 0.3) is 0 Å². The first kappa shape index (κ1) is 16.0. The van der Waals surface area contributed by atoms with Crippen LogP contribution in [0.2, 0.25) is 0 Å². The molecule has 116 valence electrons. The molecule has 1 aliphatic heterocycles. The summed E-state index contributed by atoms with van der Waals surface area (Å²) in [6.45, 7) is 5.15. The third-order valence-corrected chi connectivity index (χ3v) is 3.86. The minimum atomic E-state index is -0.298. The van der Waals surface area contributed by atoms with Crippen molar-refractivity contribution in [1.82, 2.24) is 5.32 Å². The number of carbonyl (C=O) groups is 1. The quantitative estimate of drug-likeness (QED) is 0.840. The number of rotatable bonds is 7. The third-order valence-electron chi connectivity index (χ3n) is 3.86.